The van der Waals surface area contributed by atoms with Gasteiger partial charge in [-0.15, -0.1) is 5.10 Å². The van der Waals surface area contributed by atoms with Crippen molar-refractivity contribution in [2.45, 2.75) is 19.6 Å². The van der Waals surface area contributed by atoms with Gasteiger partial charge in [-0.2, -0.15) is 0 Å². The molecule has 0 spiro atoms. The largest absolute Gasteiger partial charge is 0.370 e. The van der Waals surface area contributed by atoms with Crippen LogP contribution in [0, 0.1) is 6.92 Å². The molecule has 0 amide bonds. The molecule has 0 bridgehead atoms. The summed E-state index contributed by atoms with van der Waals surface area (Å²) in [7, 11) is 0. The molecule has 12 heavy (non-hydrogen) atoms. The maximum Gasteiger partial charge on any atom is 0.0849 e. The van der Waals surface area contributed by atoms with Crippen LogP contribution in [-0.2, 0) is 11.3 Å². The summed E-state index contributed by atoms with van der Waals surface area (Å²) in [4.78, 5) is 1.14. The van der Waals surface area contributed by atoms with Crippen molar-refractivity contribution in [3.63, 3.8) is 0 Å². The van der Waals surface area contributed by atoms with E-state index in [1.165, 1.54) is 11.5 Å². The van der Waals surface area contributed by atoms with Crippen molar-refractivity contribution < 1.29 is 4.74 Å². The predicted molar refractivity (Wildman–Crippen MR) is 46.1 cm³/mol. The Kier molecular flexibility index (Phi) is 2.34. The zero-order valence-corrected chi connectivity index (χ0v) is 7.73. The molecule has 5 heteroatoms. The van der Waals surface area contributed by atoms with Crippen molar-refractivity contribution in [3.8, 4) is 0 Å². The lowest BCUT2D eigenvalue weighted by Crippen LogP contribution is -2.48. The fourth-order valence-electron chi connectivity index (χ4n) is 0.957. The molecule has 1 aliphatic heterocycles. The number of nitrogens with zero attached hydrogens (tertiary/aromatic N) is 2. The first kappa shape index (κ1) is 8.10. The van der Waals surface area contributed by atoms with Gasteiger partial charge in [-0.25, -0.2) is 0 Å². The number of nitrogens with one attached hydrogen (secondary N) is 1. The topological polar surface area (TPSA) is 47.0 Å². The summed E-state index contributed by atoms with van der Waals surface area (Å²) in [5.41, 5.74) is 0.993. The summed E-state index contributed by atoms with van der Waals surface area (Å²) < 4.78 is 9.41. The van der Waals surface area contributed by atoms with E-state index in [0.717, 1.165) is 23.7 Å². The molecule has 1 fully saturated rings. The molecule has 0 radical (unpaired) electrons. The summed E-state index contributed by atoms with van der Waals surface area (Å²) >= 11 is 1.42. The first-order valence-corrected chi connectivity index (χ1v) is 4.74. The number of aryl methyl sites for hydroxylation is 1. The average molecular weight is 185 g/mol. The molecular weight excluding hydrogens is 174 g/mol. The summed E-state index contributed by atoms with van der Waals surface area (Å²) in [6.45, 7) is 4.58. The summed E-state index contributed by atoms with van der Waals surface area (Å²) in [5.74, 6) is 0. The predicted octanol–water partition coefficient (Wildman–Crippen LogP) is 0.335. The smallest absolute Gasteiger partial charge is 0.0849 e. The molecule has 1 saturated heterocycles. The Labute approximate surface area is 75.1 Å². The quantitative estimate of drug-likeness (QED) is 0.737. The Hall–Kier alpha value is -0.520. The molecule has 0 saturated carbocycles. The van der Waals surface area contributed by atoms with Gasteiger partial charge in [0.1, 0.15) is 0 Å². The van der Waals surface area contributed by atoms with Gasteiger partial charge in [0.15, 0.2) is 0 Å². The second kappa shape index (κ2) is 3.47. The lowest BCUT2D eigenvalue weighted by molar-refractivity contribution is 0.00861. The minimum absolute atomic E-state index is 0.395. The summed E-state index contributed by atoms with van der Waals surface area (Å²) in [5, 5.41) is 7.06. The molecule has 0 aliphatic carbocycles. The maximum atomic E-state index is 5.57. The minimum atomic E-state index is 0.395. The summed E-state index contributed by atoms with van der Waals surface area (Å²) in [6.07, 6.45) is 0.395. The Bertz CT molecular complexity index is 259. The Morgan fingerprint density at radius 1 is 1.67 bits per heavy atom. The van der Waals surface area contributed by atoms with Crippen LogP contribution < -0.4 is 5.32 Å². The van der Waals surface area contributed by atoms with E-state index < -0.39 is 0 Å². The van der Waals surface area contributed by atoms with E-state index in [1.807, 2.05) is 6.92 Å². The van der Waals surface area contributed by atoms with Gasteiger partial charge in [-0.3, -0.25) is 0 Å². The van der Waals surface area contributed by atoms with Crippen LogP contribution in [0.1, 0.15) is 10.6 Å². The van der Waals surface area contributed by atoms with E-state index in [1.54, 1.807) is 0 Å². The standard InChI is InChI=1S/C7H11N3OS/c1-5-7(12-10-9-5)4-11-6-2-8-3-6/h6,8H,2-4H2,1H3. The number of rotatable bonds is 3. The fraction of sp³-hybridized carbons (Fsp3) is 0.714. The third-order valence-electron chi connectivity index (χ3n) is 1.94. The van der Waals surface area contributed by atoms with Crippen LogP contribution in [-0.4, -0.2) is 28.8 Å². The van der Waals surface area contributed by atoms with Gasteiger partial charge >= 0.3 is 0 Å². The second-order valence-electron chi connectivity index (χ2n) is 2.87. The van der Waals surface area contributed by atoms with Crippen molar-refractivity contribution >= 4 is 11.5 Å². The molecular formula is C7H11N3OS. The third kappa shape index (κ3) is 1.63. The third-order valence-corrected chi connectivity index (χ3v) is 2.74. The highest BCUT2D eigenvalue weighted by atomic mass is 32.1. The highest BCUT2D eigenvalue weighted by Crippen LogP contribution is 2.12. The van der Waals surface area contributed by atoms with E-state index in [4.69, 9.17) is 4.74 Å². The van der Waals surface area contributed by atoms with Crippen molar-refractivity contribution in [2.24, 2.45) is 0 Å². The van der Waals surface area contributed by atoms with Crippen LogP contribution in [0.3, 0.4) is 0 Å². The van der Waals surface area contributed by atoms with E-state index >= 15 is 0 Å². The second-order valence-corrected chi connectivity index (χ2v) is 3.71. The first-order valence-electron chi connectivity index (χ1n) is 3.96. The molecule has 0 aromatic carbocycles. The number of hydrogen-bond donors (Lipinski definition) is 1. The van der Waals surface area contributed by atoms with Crippen molar-refractivity contribution in [3.05, 3.63) is 10.6 Å². The zero-order valence-electron chi connectivity index (χ0n) is 6.91. The van der Waals surface area contributed by atoms with Crippen LogP contribution in [0.5, 0.6) is 0 Å². The number of ether oxygens (including phenoxy) is 1. The van der Waals surface area contributed by atoms with Gasteiger partial charge in [0.2, 0.25) is 0 Å². The molecule has 2 rings (SSSR count). The molecule has 1 aromatic rings. The number of hydrogen-bond acceptors (Lipinski definition) is 5. The lowest BCUT2D eigenvalue weighted by Gasteiger charge is -2.26. The molecule has 66 valence electrons. The summed E-state index contributed by atoms with van der Waals surface area (Å²) in [6, 6.07) is 0. The van der Waals surface area contributed by atoms with Gasteiger partial charge in [0.05, 0.1) is 23.3 Å². The normalized spacial score (nSPS) is 17.8. The van der Waals surface area contributed by atoms with E-state index in [9.17, 15) is 0 Å². The SMILES string of the molecule is Cc1nnsc1COC1CNC1. The molecule has 1 aromatic heterocycles. The molecule has 0 unspecified atom stereocenters. The lowest BCUT2D eigenvalue weighted by atomic mass is 10.2. The molecule has 0 atom stereocenters. The van der Waals surface area contributed by atoms with Gasteiger partial charge in [-0.05, 0) is 18.5 Å². The molecule has 2 heterocycles. The van der Waals surface area contributed by atoms with Crippen molar-refractivity contribution in [1.82, 2.24) is 14.9 Å². The van der Waals surface area contributed by atoms with E-state index in [-0.39, 0.29) is 0 Å². The first-order chi connectivity index (χ1) is 5.86. The molecule has 1 N–H and O–H groups in total. The van der Waals surface area contributed by atoms with Crippen molar-refractivity contribution in [1.29, 1.82) is 0 Å². The highest BCUT2D eigenvalue weighted by molar-refractivity contribution is 7.05. The highest BCUT2D eigenvalue weighted by Gasteiger charge is 2.17. The zero-order chi connectivity index (χ0) is 8.39. The van der Waals surface area contributed by atoms with Crippen LogP contribution in [0.2, 0.25) is 0 Å². The monoisotopic (exact) mass is 185 g/mol. The Morgan fingerprint density at radius 3 is 3.00 bits per heavy atom. The Balaban J connectivity index is 1.82. The minimum Gasteiger partial charge on any atom is -0.370 e. The van der Waals surface area contributed by atoms with E-state index in [2.05, 4.69) is 14.9 Å². The van der Waals surface area contributed by atoms with Gasteiger partial charge in [0, 0.05) is 13.1 Å². The van der Waals surface area contributed by atoms with Crippen LogP contribution in [0.15, 0.2) is 0 Å². The van der Waals surface area contributed by atoms with Crippen LogP contribution in [0.4, 0.5) is 0 Å². The average Bonchev–Trinajstić information content (AvgIpc) is 2.33. The van der Waals surface area contributed by atoms with E-state index in [0.29, 0.717) is 12.7 Å². The number of aromatic nitrogens is 2. The van der Waals surface area contributed by atoms with Crippen LogP contribution in [0.25, 0.3) is 0 Å². The Morgan fingerprint density at radius 2 is 2.50 bits per heavy atom. The molecule has 1 aliphatic rings. The molecule has 4 nitrogen and oxygen atoms in total. The van der Waals surface area contributed by atoms with Crippen molar-refractivity contribution in [2.75, 3.05) is 13.1 Å². The van der Waals surface area contributed by atoms with Gasteiger partial charge in [-0.1, -0.05) is 4.49 Å². The maximum absolute atomic E-state index is 5.57. The van der Waals surface area contributed by atoms with Crippen LogP contribution >= 0.6 is 11.5 Å². The fourth-order valence-corrected chi connectivity index (χ4v) is 1.51. The van der Waals surface area contributed by atoms with Gasteiger partial charge < -0.3 is 10.1 Å². The van der Waals surface area contributed by atoms with Gasteiger partial charge in [0.25, 0.3) is 0 Å².